The van der Waals surface area contributed by atoms with Crippen LogP contribution >= 0.6 is 15.9 Å². The number of amides is 1. The van der Waals surface area contributed by atoms with E-state index in [2.05, 4.69) is 44.8 Å². The normalized spacial score (nSPS) is 17.2. The molecule has 1 aliphatic heterocycles. The average Bonchev–Trinajstić information content (AvgIpc) is 2.54. The van der Waals surface area contributed by atoms with Crippen molar-refractivity contribution in [3.8, 4) is 0 Å². The lowest BCUT2D eigenvalue weighted by Crippen LogP contribution is -2.44. The number of nitrogens with one attached hydrogen (secondary N) is 2. The van der Waals surface area contributed by atoms with Crippen LogP contribution in [0.4, 0.5) is 0 Å². The van der Waals surface area contributed by atoms with E-state index in [1.165, 1.54) is 5.56 Å². The first-order chi connectivity index (χ1) is 10.7. The van der Waals surface area contributed by atoms with Crippen molar-refractivity contribution < 1.29 is 9.53 Å². The van der Waals surface area contributed by atoms with Gasteiger partial charge in [0.1, 0.15) is 0 Å². The Hall–Kier alpha value is -0.910. The van der Waals surface area contributed by atoms with E-state index >= 15 is 0 Å². The van der Waals surface area contributed by atoms with E-state index < -0.39 is 0 Å². The van der Waals surface area contributed by atoms with Gasteiger partial charge in [-0.05, 0) is 50.6 Å². The summed E-state index contributed by atoms with van der Waals surface area (Å²) in [4.78, 5) is 12.0. The standard InChI is InChI=1S/C17H25BrN2O2/c1-19-9-3-6-16(21)20-13-17(7-10-22-11-8-17)14-4-2-5-15(18)12-14/h2,4-5,12,19H,3,6-11,13H2,1H3,(H,20,21). The van der Waals surface area contributed by atoms with E-state index in [0.29, 0.717) is 13.0 Å². The Morgan fingerprint density at radius 3 is 2.82 bits per heavy atom. The first-order valence-electron chi connectivity index (χ1n) is 7.91. The van der Waals surface area contributed by atoms with E-state index in [1.54, 1.807) is 0 Å². The molecule has 4 nitrogen and oxygen atoms in total. The predicted molar refractivity (Wildman–Crippen MR) is 92.0 cm³/mol. The lowest BCUT2D eigenvalue weighted by molar-refractivity contribution is -0.121. The summed E-state index contributed by atoms with van der Waals surface area (Å²) in [5.74, 6) is 0.135. The van der Waals surface area contributed by atoms with Crippen LogP contribution in [0.2, 0.25) is 0 Å². The highest BCUT2D eigenvalue weighted by molar-refractivity contribution is 9.10. The van der Waals surface area contributed by atoms with Crippen molar-refractivity contribution in [3.05, 3.63) is 34.3 Å². The monoisotopic (exact) mass is 368 g/mol. The Balaban J connectivity index is 2.02. The molecule has 22 heavy (non-hydrogen) atoms. The number of ether oxygens (including phenoxy) is 1. The van der Waals surface area contributed by atoms with Crippen molar-refractivity contribution in [2.75, 3.05) is 33.4 Å². The van der Waals surface area contributed by atoms with Gasteiger partial charge in [0.25, 0.3) is 0 Å². The molecule has 0 atom stereocenters. The summed E-state index contributed by atoms with van der Waals surface area (Å²) in [6.45, 7) is 3.06. The maximum atomic E-state index is 12.0. The summed E-state index contributed by atoms with van der Waals surface area (Å²) in [6, 6.07) is 8.42. The molecule has 2 rings (SSSR count). The molecule has 0 aliphatic carbocycles. The molecule has 1 saturated heterocycles. The maximum Gasteiger partial charge on any atom is 0.220 e. The topological polar surface area (TPSA) is 50.4 Å². The molecule has 1 heterocycles. The van der Waals surface area contributed by atoms with Gasteiger partial charge in [-0.3, -0.25) is 4.79 Å². The van der Waals surface area contributed by atoms with Gasteiger partial charge in [0.05, 0.1) is 0 Å². The third-order valence-electron chi connectivity index (χ3n) is 4.34. The molecule has 1 fully saturated rings. The van der Waals surface area contributed by atoms with Crippen LogP contribution in [0.5, 0.6) is 0 Å². The number of carbonyl (C=O) groups is 1. The van der Waals surface area contributed by atoms with Crippen LogP contribution in [0.25, 0.3) is 0 Å². The average molecular weight is 369 g/mol. The fourth-order valence-electron chi connectivity index (χ4n) is 2.93. The molecule has 5 heteroatoms. The number of rotatable bonds is 7. The summed E-state index contributed by atoms with van der Waals surface area (Å²) in [5.41, 5.74) is 1.27. The van der Waals surface area contributed by atoms with Gasteiger partial charge in [0.15, 0.2) is 0 Å². The van der Waals surface area contributed by atoms with Crippen molar-refractivity contribution in [2.24, 2.45) is 0 Å². The van der Waals surface area contributed by atoms with Crippen LogP contribution in [0.3, 0.4) is 0 Å². The third kappa shape index (κ3) is 4.80. The molecule has 2 N–H and O–H groups in total. The highest BCUT2D eigenvalue weighted by Gasteiger charge is 2.34. The second-order valence-corrected chi connectivity index (χ2v) is 6.80. The number of hydrogen-bond acceptors (Lipinski definition) is 3. The Labute approximate surface area is 141 Å². The quantitative estimate of drug-likeness (QED) is 0.727. The van der Waals surface area contributed by atoms with Crippen molar-refractivity contribution in [1.82, 2.24) is 10.6 Å². The lowest BCUT2D eigenvalue weighted by atomic mass is 9.74. The van der Waals surface area contributed by atoms with Gasteiger partial charge in [0, 0.05) is 36.1 Å². The van der Waals surface area contributed by atoms with Gasteiger partial charge >= 0.3 is 0 Å². The fourth-order valence-corrected chi connectivity index (χ4v) is 3.33. The Kier molecular flexibility index (Phi) is 6.86. The predicted octanol–water partition coefficient (Wildman–Crippen LogP) is 2.61. The van der Waals surface area contributed by atoms with Gasteiger partial charge < -0.3 is 15.4 Å². The highest BCUT2D eigenvalue weighted by Crippen LogP contribution is 2.35. The molecule has 1 aromatic carbocycles. The zero-order valence-corrected chi connectivity index (χ0v) is 14.7. The van der Waals surface area contributed by atoms with Crippen molar-refractivity contribution in [2.45, 2.75) is 31.1 Å². The summed E-state index contributed by atoms with van der Waals surface area (Å²) in [6.07, 6.45) is 3.34. The van der Waals surface area contributed by atoms with Crippen LogP contribution in [-0.4, -0.2) is 39.3 Å². The van der Waals surface area contributed by atoms with Crippen LogP contribution in [-0.2, 0) is 14.9 Å². The zero-order chi connectivity index (χ0) is 15.8. The first kappa shape index (κ1) is 17.4. The van der Waals surface area contributed by atoms with Gasteiger partial charge in [-0.1, -0.05) is 28.1 Å². The summed E-state index contributed by atoms with van der Waals surface area (Å²) < 4.78 is 6.61. The largest absolute Gasteiger partial charge is 0.381 e. The molecule has 0 saturated carbocycles. The van der Waals surface area contributed by atoms with Gasteiger partial charge in [-0.15, -0.1) is 0 Å². The molecule has 1 aromatic rings. The summed E-state index contributed by atoms with van der Waals surface area (Å²) >= 11 is 3.55. The molecule has 0 aromatic heterocycles. The third-order valence-corrected chi connectivity index (χ3v) is 4.83. The second kappa shape index (κ2) is 8.65. The van der Waals surface area contributed by atoms with Gasteiger partial charge in [-0.25, -0.2) is 0 Å². The van der Waals surface area contributed by atoms with E-state index in [1.807, 2.05) is 13.1 Å². The van der Waals surface area contributed by atoms with E-state index in [0.717, 1.165) is 43.5 Å². The van der Waals surface area contributed by atoms with Crippen molar-refractivity contribution in [3.63, 3.8) is 0 Å². The highest BCUT2D eigenvalue weighted by atomic mass is 79.9. The lowest BCUT2D eigenvalue weighted by Gasteiger charge is -2.38. The van der Waals surface area contributed by atoms with E-state index in [9.17, 15) is 4.79 Å². The molecular weight excluding hydrogens is 344 g/mol. The molecule has 1 aliphatic rings. The Morgan fingerprint density at radius 1 is 1.36 bits per heavy atom. The van der Waals surface area contributed by atoms with Crippen LogP contribution in [0.15, 0.2) is 28.7 Å². The minimum absolute atomic E-state index is 0.0132. The van der Waals surface area contributed by atoms with Crippen molar-refractivity contribution >= 4 is 21.8 Å². The maximum absolute atomic E-state index is 12.0. The van der Waals surface area contributed by atoms with Crippen LogP contribution < -0.4 is 10.6 Å². The molecular formula is C17H25BrN2O2. The Morgan fingerprint density at radius 2 is 2.14 bits per heavy atom. The number of halogens is 1. The number of hydrogen-bond donors (Lipinski definition) is 2. The minimum atomic E-state index is -0.0132. The number of carbonyl (C=O) groups excluding carboxylic acids is 1. The molecule has 0 unspecified atom stereocenters. The number of benzene rings is 1. The SMILES string of the molecule is CNCCCC(=O)NCC1(c2cccc(Br)c2)CCOCC1. The van der Waals surface area contributed by atoms with Gasteiger partial charge in [0.2, 0.25) is 5.91 Å². The summed E-state index contributed by atoms with van der Waals surface area (Å²) in [7, 11) is 1.90. The van der Waals surface area contributed by atoms with E-state index in [4.69, 9.17) is 4.74 Å². The molecule has 0 bridgehead atoms. The Bertz CT molecular complexity index is 487. The molecule has 1 amide bonds. The zero-order valence-electron chi connectivity index (χ0n) is 13.2. The molecule has 0 radical (unpaired) electrons. The fraction of sp³-hybridized carbons (Fsp3) is 0.588. The van der Waals surface area contributed by atoms with Crippen LogP contribution in [0.1, 0.15) is 31.2 Å². The summed E-state index contributed by atoms with van der Waals surface area (Å²) in [5, 5.41) is 6.20. The van der Waals surface area contributed by atoms with E-state index in [-0.39, 0.29) is 11.3 Å². The van der Waals surface area contributed by atoms with Crippen LogP contribution in [0, 0.1) is 0 Å². The molecule has 122 valence electrons. The van der Waals surface area contributed by atoms with Gasteiger partial charge in [-0.2, -0.15) is 0 Å². The second-order valence-electron chi connectivity index (χ2n) is 5.89. The molecule has 0 spiro atoms. The minimum Gasteiger partial charge on any atom is -0.381 e. The first-order valence-corrected chi connectivity index (χ1v) is 8.71. The van der Waals surface area contributed by atoms with Crippen molar-refractivity contribution in [1.29, 1.82) is 0 Å². The smallest absolute Gasteiger partial charge is 0.220 e.